The summed E-state index contributed by atoms with van der Waals surface area (Å²) in [7, 11) is 0. The summed E-state index contributed by atoms with van der Waals surface area (Å²) < 4.78 is 10.7. The van der Waals surface area contributed by atoms with Crippen molar-refractivity contribution >= 4 is 46.3 Å². The maximum absolute atomic E-state index is 12.9. The topological polar surface area (TPSA) is 114 Å². The van der Waals surface area contributed by atoms with E-state index in [1.165, 1.54) is 12.1 Å². The van der Waals surface area contributed by atoms with Crippen LogP contribution in [-0.2, 0) is 27.3 Å². The summed E-state index contributed by atoms with van der Waals surface area (Å²) >= 11 is 12.1. The summed E-state index contributed by atoms with van der Waals surface area (Å²) in [5.74, 6) is -0.713. The average Bonchev–Trinajstić information content (AvgIpc) is 2.77. The highest BCUT2D eigenvalue weighted by atomic mass is 35.5. The Hall–Kier alpha value is -3.41. The van der Waals surface area contributed by atoms with E-state index >= 15 is 0 Å². The van der Waals surface area contributed by atoms with Gasteiger partial charge in [-0.25, -0.2) is 19.6 Å². The molecule has 0 saturated carbocycles. The second-order valence-corrected chi connectivity index (χ2v) is 9.20. The molecule has 3 aromatic rings. The lowest BCUT2D eigenvalue weighted by molar-refractivity contribution is -0.147. The van der Waals surface area contributed by atoms with Crippen molar-refractivity contribution in [2.24, 2.45) is 0 Å². The van der Waals surface area contributed by atoms with Crippen LogP contribution in [0, 0.1) is 11.3 Å². The van der Waals surface area contributed by atoms with Crippen molar-refractivity contribution in [3.63, 3.8) is 0 Å². The third-order valence-electron chi connectivity index (χ3n) is 4.48. The normalized spacial score (nSPS) is 12.0. The van der Waals surface area contributed by atoms with Crippen molar-refractivity contribution in [3.8, 4) is 6.07 Å². The van der Waals surface area contributed by atoms with Crippen molar-refractivity contribution in [1.29, 1.82) is 5.26 Å². The number of amides is 1. The Morgan fingerprint density at radius 1 is 1.09 bits per heavy atom. The number of hydrogen-bond acceptors (Lipinski definition) is 7. The quantitative estimate of drug-likeness (QED) is 0.474. The lowest BCUT2D eigenvalue weighted by Crippen LogP contribution is -2.45. The molecule has 0 aliphatic heterocycles. The minimum absolute atomic E-state index is 0.00872. The van der Waals surface area contributed by atoms with Gasteiger partial charge in [-0.05, 0) is 38.5 Å². The fourth-order valence-electron chi connectivity index (χ4n) is 2.99. The largest absolute Gasteiger partial charge is 0.459 e. The molecule has 0 fully saturated rings. The van der Waals surface area contributed by atoms with Crippen LogP contribution in [-0.4, -0.2) is 33.7 Å². The molecule has 0 radical (unpaired) electrons. The van der Waals surface area contributed by atoms with Crippen LogP contribution >= 0.6 is 23.2 Å². The standard InChI is InChI=1S/C24H22Cl2N4O4/c1-24(2,3)34-23(32)30-20(22(31)33-13-14-7-5-4-6-8-14)11-19-21(12-27)29-18-10-16(26)15(25)9-17(18)28-19/h4-10,20H,11,13H2,1-3H3,(H,30,32)/t20-/m0/s1. The summed E-state index contributed by atoms with van der Waals surface area (Å²) in [6.07, 6.45) is -0.963. The maximum Gasteiger partial charge on any atom is 0.408 e. The van der Waals surface area contributed by atoms with E-state index in [4.69, 9.17) is 32.7 Å². The predicted molar refractivity (Wildman–Crippen MR) is 127 cm³/mol. The molecule has 1 N–H and O–H groups in total. The van der Waals surface area contributed by atoms with Gasteiger partial charge in [-0.15, -0.1) is 0 Å². The molecule has 0 aliphatic rings. The third-order valence-corrected chi connectivity index (χ3v) is 5.20. The second kappa shape index (κ2) is 10.7. The third kappa shape index (κ3) is 6.80. The number of nitrogens with one attached hydrogen (secondary N) is 1. The molecule has 1 amide bonds. The number of ether oxygens (including phenoxy) is 2. The zero-order valence-electron chi connectivity index (χ0n) is 18.8. The van der Waals surface area contributed by atoms with Gasteiger partial charge in [-0.2, -0.15) is 5.26 Å². The van der Waals surface area contributed by atoms with Gasteiger partial charge in [0.2, 0.25) is 0 Å². The number of nitriles is 1. The van der Waals surface area contributed by atoms with Gasteiger partial charge in [0.15, 0.2) is 5.69 Å². The lowest BCUT2D eigenvalue weighted by atomic mass is 10.1. The van der Waals surface area contributed by atoms with Crippen molar-refractivity contribution in [1.82, 2.24) is 15.3 Å². The number of esters is 1. The number of hydrogen-bond donors (Lipinski definition) is 1. The molecule has 0 unspecified atom stereocenters. The van der Waals surface area contributed by atoms with Crippen LogP contribution in [0.5, 0.6) is 0 Å². The molecular formula is C24H22Cl2N4O4. The van der Waals surface area contributed by atoms with Crippen molar-refractivity contribution in [2.45, 2.75) is 45.4 Å². The van der Waals surface area contributed by atoms with Crippen LogP contribution in [0.4, 0.5) is 4.79 Å². The van der Waals surface area contributed by atoms with Crippen molar-refractivity contribution < 1.29 is 19.1 Å². The zero-order valence-corrected chi connectivity index (χ0v) is 20.3. The molecule has 0 aliphatic carbocycles. The Balaban J connectivity index is 1.89. The molecule has 1 heterocycles. The van der Waals surface area contributed by atoms with Crippen molar-refractivity contribution in [2.75, 3.05) is 0 Å². The number of carbonyl (C=O) groups excluding carboxylic acids is 2. The SMILES string of the molecule is CC(C)(C)OC(=O)N[C@@H](Cc1nc2cc(Cl)c(Cl)cc2nc1C#N)C(=O)OCc1ccccc1. The maximum atomic E-state index is 12.9. The van der Waals surface area contributed by atoms with E-state index in [0.717, 1.165) is 5.56 Å². The van der Waals surface area contributed by atoms with Gasteiger partial charge in [0, 0.05) is 6.42 Å². The van der Waals surface area contributed by atoms with Crippen LogP contribution in [0.25, 0.3) is 11.0 Å². The first-order valence-electron chi connectivity index (χ1n) is 10.3. The molecular weight excluding hydrogens is 479 g/mol. The molecule has 176 valence electrons. The Morgan fingerprint density at radius 2 is 1.71 bits per heavy atom. The molecule has 0 spiro atoms. The second-order valence-electron chi connectivity index (χ2n) is 8.38. The number of nitrogens with zero attached hydrogens (tertiary/aromatic N) is 3. The molecule has 34 heavy (non-hydrogen) atoms. The smallest absolute Gasteiger partial charge is 0.408 e. The van der Waals surface area contributed by atoms with Crippen LogP contribution in [0.3, 0.4) is 0 Å². The fraction of sp³-hybridized carbons (Fsp3) is 0.292. The Kier molecular flexibility index (Phi) is 7.92. The molecule has 3 rings (SSSR count). The fourth-order valence-corrected chi connectivity index (χ4v) is 3.30. The number of carbonyl (C=O) groups is 2. The molecule has 10 heteroatoms. The molecule has 8 nitrogen and oxygen atoms in total. The van der Waals surface area contributed by atoms with E-state index in [0.29, 0.717) is 11.0 Å². The van der Waals surface area contributed by atoms with Gasteiger partial charge >= 0.3 is 12.1 Å². The van der Waals surface area contributed by atoms with E-state index in [9.17, 15) is 14.9 Å². The summed E-state index contributed by atoms with van der Waals surface area (Å²) in [6, 6.07) is 12.9. The van der Waals surface area contributed by atoms with E-state index in [1.54, 1.807) is 32.9 Å². The zero-order chi connectivity index (χ0) is 24.9. The first kappa shape index (κ1) is 25.2. The number of alkyl carbamates (subject to hydrolysis) is 1. The number of fused-ring (bicyclic) bond motifs is 1. The van der Waals surface area contributed by atoms with Gasteiger partial charge in [-0.3, -0.25) is 0 Å². The Bertz CT molecular complexity index is 1250. The number of aromatic nitrogens is 2. The summed E-state index contributed by atoms with van der Waals surface area (Å²) in [5, 5.41) is 12.7. The van der Waals surface area contributed by atoms with Gasteiger partial charge in [0.25, 0.3) is 0 Å². The molecule has 1 atom stereocenters. The predicted octanol–water partition coefficient (Wildman–Crippen LogP) is 4.99. The van der Waals surface area contributed by atoms with Crippen LogP contribution < -0.4 is 5.32 Å². The molecule has 0 bridgehead atoms. The summed E-state index contributed by atoms with van der Waals surface area (Å²) in [4.78, 5) is 34.1. The van der Waals surface area contributed by atoms with E-state index in [2.05, 4.69) is 15.3 Å². The number of rotatable bonds is 6. The number of benzene rings is 2. The lowest BCUT2D eigenvalue weighted by Gasteiger charge is -2.23. The molecule has 1 aromatic heterocycles. The minimum Gasteiger partial charge on any atom is -0.459 e. The Labute approximate surface area is 206 Å². The van der Waals surface area contributed by atoms with Gasteiger partial charge in [0.05, 0.1) is 26.8 Å². The minimum atomic E-state index is -1.18. The van der Waals surface area contributed by atoms with Crippen molar-refractivity contribution in [3.05, 3.63) is 69.5 Å². The first-order chi connectivity index (χ1) is 16.1. The average molecular weight is 501 g/mol. The van der Waals surface area contributed by atoms with Crippen LogP contribution in [0.1, 0.15) is 37.7 Å². The molecule has 0 saturated heterocycles. The van der Waals surface area contributed by atoms with Gasteiger partial charge in [0.1, 0.15) is 24.3 Å². The van der Waals surface area contributed by atoms with E-state index in [-0.39, 0.29) is 34.5 Å². The van der Waals surface area contributed by atoms with Gasteiger partial charge in [-0.1, -0.05) is 53.5 Å². The van der Waals surface area contributed by atoms with Crippen LogP contribution in [0.15, 0.2) is 42.5 Å². The van der Waals surface area contributed by atoms with E-state index in [1.807, 2.05) is 24.3 Å². The molecule has 2 aromatic carbocycles. The first-order valence-corrected chi connectivity index (χ1v) is 11.1. The summed E-state index contributed by atoms with van der Waals surface area (Å²) in [5.41, 5.74) is 0.930. The highest BCUT2D eigenvalue weighted by Gasteiger charge is 2.28. The van der Waals surface area contributed by atoms with Crippen LogP contribution in [0.2, 0.25) is 10.0 Å². The monoisotopic (exact) mass is 500 g/mol. The van der Waals surface area contributed by atoms with Gasteiger partial charge < -0.3 is 14.8 Å². The Morgan fingerprint density at radius 3 is 2.29 bits per heavy atom. The highest BCUT2D eigenvalue weighted by Crippen LogP contribution is 2.27. The van der Waals surface area contributed by atoms with E-state index < -0.39 is 23.7 Å². The highest BCUT2D eigenvalue weighted by molar-refractivity contribution is 6.42. The number of halogens is 2. The summed E-state index contributed by atoms with van der Waals surface area (Å²) in [6.45, 7) is 5.11.